The van der Waals surface area contributed by atoms with Gasteiger partial charge in [-0.3, -0.25) is 14.6 Å². The van der Waals surface area contributed by atoms with Crippen molar-refractivity contribution in [1.29, 1.82) is 0 Å². The molecular weight excluding hydrogens is 356 g/mol. The summed E-state index contributed by atoms with van der Waals surface area (Å²) in [4.78, 5) is 43.7. The summed E-state index contributed by atoms with van der Waals surface area (Å²) in [6.07, 6.45) is 2.91. The highest BCUT2D eigenvalue weighted by Gasteiger charge is 2.18. The molecule has 1 aromatic carbocycles. The van der Waals surface area contributed by atoms with Crippen LogP contribution in [0.3, 0.4) is 0 Å². The van der Waals surface area contributed by atoms with Gasteiger partial charge in [0.05, 0.1) is 7.11 Å². The average Bonchev–Trinajstić information content (AvgIpc) is 3.03. The van der Waals surface area contributed by atoms with Crippen LogP contribution in [0.25, 0.3) is 11.6 Å². The van der Waals surface area contributed by atoms with Gasteiger partial charge in [-0.25, -0.2) is 24.1 Å². The van der Waals surface area contributed by atoms with Crippen LogP contribution in [0.5, 0.6) is 5.75 Å². The van der Waals surface area contributed by atoms with Crippen molar-refractivity contribution in [3.63, 3.8) is 0 Å². The van der Waals surface area contributed by atoms with Crippen molar-refractivity contribution in [2.24, 2.45) is 0 Å². The number of aromatic nitrogens is 4. The molecule has 0 spiro atoms. The molecule has 3 rings (SSSR count). The van der Waals surface area contributed by atoms with E-state index in [0.29, 0.717) is 11.4 Å². The SMILES string of the molecule is COc1ccc(NC(=O)NC(=O)Cn2c(-c3ncccn3)noc2=O)cc1. The highest BCUT2D eigenvalue weighted by atomic mass is 16.5. The number of carbonyl (C=O) groups is 2. The first-order chi connectivity index (χ1) is 13.1. The minimum absolute atomic E-state index is 0.0219. The maximum absolute atomic E-state index is 12.1. The lowest BCUT2D eigenvalue weighted by atomic mass is 10.3. The Hall–Kier alpha value is -4.02. The molecule has 138 valence electrons. The fourth-order valence-corrected chi connectivity index (χ4v) is 2.13. The number of imide groups is 1. The minimum Gasteiger partial charge on any atom is -0.497 e. The Balaban J connectivity index is 1.65. The number of carbonyl (C=O) groups excluding carboxylic acids is 2. The lowest BCUT2D eigenvalue weighted by molar-refractivity contribution is -0.120. The van der Waals surface area contributed by atoms with Crippen LogP contribution in [-0.4, -0.2) is 38.7 Å². The minimum atomic E-state index is -0.872. The number of methoxy groups -OCH3 is 1. The first kappa shape index (κ1) is 17.8. The van der Waals surface area contributed by atoms with Gasteiger partial charge in [0.1, 0.15) is 12.3 Å². The van der Waals surface area contributed by atoms with Crippen LogP contribution in [0.2, 0.25) is 0 Å². The molecule has 0 bridgehead atoms. The number of amides is 3. The van der Waals surface area contributed by atoms with Crippen molar-refractivity contribution < 1.29 is 18.8 Å². The Bertz CT molecular complexity index is 996. The normalized spacial score (nSPS) is 10.3. The van der Waals surface area contributed by atoms with Gasteiger partial charge in [0.2, 0.25) is 11.7 Å². The van der Waals surface area contributed by atoms with E-state index in [9.17, 15) is 14.4 Å². The zero-order valence-corrected chi connectivity index (χ0v) is 14.1. The van der Waals surface area contributed by atoms with Crippen LogP contribution in [0.15, 0.2) is 52.0 Å². The summed E-state index contributed by atoms with van der Waals surface area (Å²) < 4.78 is 10.5. The molecule has 0 unspecified atom stereocenters. The van der Waals surface area contributed by atoms with E-state index in [4.69, 9.17) is 4.74 Å². The molecule has 2 heterocycles. The summed E-state index contributed by atoms with van der Waals surface area (Å²) >= 11 is 0. The molecule has 11 nitrogen and oxygen atoms in total. The maximum atomic E-state index is 12.1. The molecule has 0 aliphatic carbocycles. The molecule has 3 aromatic rings. The molecule has 0 atom stereocenters. The molecule has 0 aliphatic heterocycles. The lowest BCUT2D eigenvalue weighted by Gasteiger charge is -2.08. The summed E-state index contributed by atoms with van der Waals surface area (Å²) in [6, 6.07) is 7.35. The van der Waals surface area contributed by atoms with Crippen molar-refractivity contribution in [1.82, 2.24) is 25.0 Å². The Kier molecular flexibility index (Phi) is 5.21. The van der Waals surface area contributed by atoms with Crippen LogP contribution in [0, 0.1) is 0 Å². The largest absolute Gasteiger partial charge is 0.497 e. The molecule has 3 amide bonds. The van der Waals surface area contributed by atoms with E-state index in [-0.39, 0.29) is 11.6 Å². The van der Waals surface area contributed by atoms with Crippen molar-refractivity contribution >= 4 is 17.6 Å². The zero-order chi connectivity index (χ0) is 19.2. The van der Waals surface area contributed by atoms with Crippen molar-refractivity contribution in [3.05, 3.63) is 53.3 Å². The van der Waals surface area contributed by atoms with Crippen molar-refractivity contribution in [2.75, 3.05) is 12.4 Å². The quantitative estimate of drug-likeness (QED) is 0.667. The van der Waals surface area contributed by atoms with Gasteiger partial charge >= 0.3 is 11.8 Å². The summed E-state index contributed by atoms with van der Waals surface area (Å²) in [5.74, 6) is -0.906. The summed E-state index contributed by atoms with van der Waals surface area (Å²) in [7, 11) is 1.52. The van der Waals surface area contributed by atoms with Crippen molar-refractivity contribution in [3.8, 4) is 17.4 Å². The van der Waals surface area contributed by atoms with Crippen LogP contribution in [-0.2, 0) is 11.3 Å². The first-order valence-electron chi connectivity index (χ1n) is 7.65. The van der Waals surface area contributed by atoms with Gasteiger partial charge in [0.15, 0.2) is 5.82 Å². The number of benzene rings is 1. The van der Waals surface area contributed by atoms with Gasteiger partial charge in [0, 0.05) is 18.1 Å². The van der Waals surface area contributed by atoms with Gasteiger partial charge in [-0.05, 0) is 30.3 Å². The first-order valence-corrected chi connectivity index (χ1v) is 7.65. The van der Waals surface area contributed by atoms with Gasteiger partial charge in [-0.15, -0.1) is 0 Å². The molecule has 0 saturated carbocycles. The summed E-state index contributed by atoms with van der Waals surface area (Å²) in [5.41, 5.74) is 0.460. The highest BCUT2D eigenvalue weighted by Crippen LogP contribution is 2.14. The van der Waals surface area contributed by atoms with E-state index in [1.54, 1.807) is 30.3 Å². The Morgan fingerprint density at radius 2 is 1.89 bits per heavy atom. The van der Waals surface area contributed by atoms with Crippen LogP contribution < -0.4 is 21.1 Å². The topological polar surface area (TPSA) is 141 Å². The van der Waals surface area contributed by atoms with Gasteiger partial charge in [-0.2, -0.15) is 0 Å². The van der Waals surface area contributed by atoms with Crippen LogP contribution in [0.4, 0.5) is 10.5 Å². The number of anilines is 1. The molecule has 0 radical (unpaired) electrons. The van der Waals surface area contributed by atoms with E-state index in [1.807, 2.05) is 0 Å². The Labute approximate surface area is 152 Å². The number of rotatable bonds is 5. The molecule has 2 aromatic heterocycles. The third kappa shape index (κ3) is 4.34. The number of nitrogens with one attached hydrogen (secondary N) is 2. The van der Waals surface area contributed by atoms with Gasteiger partial charge in [-0.1, -0.05) is 5.16 Å². The van der Waals surface area contributed by atoms with E-state index in [1.165, 1.54) is 19.5 Å². The lowest BCUT2D eigenvalue weighted by Crippen LogP contribution is -2.38. The summed E-state index contributed by atoms with van der Waals surface area (Å²) in [5, 5.41) is 8.16. The fraction of sp³-hybridized carbons (Fsp3) is 0.125. The van der Waals surface area contributed by atoms with E-state index < -0.39 is 24.2 Å². The number of hydrogen-bond acceptors (Lipinski definition) is 8. The monoisotopic (exact) mass is 370 g/mol. The number of urea groups is 1. The molecule has 11 heteroatoms. The molecular formula is C16H14N6O5. The van der Waals surface area contributed by atoms with Crippen molar-refractivity contribution in [2.45, 2.75) is 6.54 Å². The predicted octanol–water partition coefficient (Wildman–Crippen LogP) is 0.650. The second-order valence-electron chi connectivity index (χ2n) is 5.16. The fourth-order valence-electron chi connectivity index (χ4n) is 2.13. The average molecular weight is 370 g/mol. The molecule has 0 aliphatic rings. The maximum Gasteiger partial charge on any atom is 0.442 e. The predicted molar refractivity (Wildman–Crippen MR) is 91.9 cm³/mol. The van der Waals surface area contributed by atoms with E-state index in [2.05, 4.69) is 30.3 Å². The van der Waals surface area contributed by atoms with E-state index >= 15 is 0 Å². The Morgan fingerprint density at radius 3 is 2.56 bits per heavy atom. The standard InChI is InChI=1S/C16H14N6O5/c1-26-11-5-3-10(4-6-11)19-15(24)20-12(23)9-22-14(21-27-16(22)25)13-17-7-2-8-18-13/h2-8H,9H2,1H3,(H2,19,20,23,24). The Morgan fingerprint density at radius 1 is 1.19 bits per heavy atom. The molecule has 27 heavy (non-hydrogen) atoms. The zero-order valence-electron chi connectivity index (χ0n) is 14.1. The number of ether oxygens (including phenoxy) is 1. The smallest absolute Gasteiger partial charge is 0.442 e. The van der Waals surface area contributed by atoms with Crippen LogP contribution in [0.1, 0.15) is 0 Å². The van der Waals surface area contributed by atoms with Gasteiger partial charge in [0.25, 0.3) is 0 Å². The second kappa shape index (κ2) is 7.91. The molecule has 0 fully saturated rings. The number of hydrogen-bond donors (Lipinski definition) is 2. The third-order valence-corrected chi connectivity index (χ3v) is 3.35. The van der Waals surface area contributed by atoms with Gasteiger partial charge < -0.3 is 10.1 Å². The molecule has 0 saturated heterocycles. The summed E-state index contributed by atoms with van der Waals surface area (Å²) in [6.45, 7) is -0.494. The second-order valence-corrected chi connectivity index (χ2v) is 5.16. The van der Waals surface area contributed by atoms with Crippen LogP contribution >= 0.6 is 0 Å². The third-order valence-electron chi connectivity index (χ3n) is 3.35. The molecule has 2 N–H and O–H groups in total. The highest BCUT2D eigenvalue weighted by molar-refractivity contribution is 6.01. The number of nitrogens with zero attached hydrogens (tertiary/aromatic N) is 4. The van der Waals surface area contributed by atoms with E-state index in [0.717, 1.165) is 4.57 Å².